The van der Waals surface area contributed by atoms with Gasteiger partial charge in [0.25, 0.3) is 5.91 Å². The third-order valence-electron chi connectivity index (χ3n) is 4.92. The van der Waals surface area contributed by atoms with Gasteiger partial charge in [-0.3, -0.25) is 13.8 Å². The van der Waals surface area contributed by atoms with Crippen LogP contribution in [-0.2, 0) is 23.6 Å². The van der Waals surface area contributed by atoms with Crippen LogP contribution in [0.3, 0.4) is 0 Å². The Bertz CT molecular complexity index is 985. The number of hydrogen-bond acceptors (Lipinski definition) is 4. The van der Waals surface area contributed by atoms with Gasteiger partial charge in [-0.25, -0.2) is 8.42 Å². The van der Waals surface area contributed by atoms with E-state index in [-0.39, 0.29) is 16.7 Å². The number of nitrogens with zero attached hydrogens (tertiary/aromatic N) is 3. The summed E-state index contributed by atoms with van der Waals surface area (Å²) in [5, 5.41) is 7.42. The van der Waals surface area contributed by atoms with Gasteiger partial charge in [0.2, 0.25) is 10.0 Å². The molecule has 1 N–H and O–H groups in total. The molecule has 1 fully saturated rings. The number of carbonyl (C=O) groups excluding carboxylic acids is 1. The molecule has 2 heterocycles. The van der Waals surface area contributed by atoms with Crippen LogP contribution in [0, 0.1) is 13.8 Å². The van der Waals surface area contributed by atoms with Crippen LogP contribution >= 0.6 is 11.6 Å². The molecule has 0 spiro atoms. The van der Waals surface area contributed by atoms with E-state index in [0.29, 0.717) is 30.8 Å². The Balaban J connectivity index is 1.76. The third-order valence-corrected chi connectivity index (χ3v) is 7.10. The van der Waals surface area contributed by atoms with Crippen molar-refractivity contribution in [3.8, 4) is 0 Å². The van der Waals surface area contributed by atoms with Gasteiger partial charge in [0.1, 0.15) is 0 Å². The lowest BCUT2D eigenvalue weighted by Gasteiger charge is -2.28. The van der Waals surface area contributed by atoms with Crippen LogP contribution in [0.5, 0.6) is 0 Å². The lowest BCUT2D eigenvalue weighted by Crippen LogP contribution is -2.37. The Kier molecular flexibility index (Phi) is 5.48. The predicted molar refractivity (Wildman–Crippen MR) is 106 cm³/mol. The van der Waals surface area contributed by atoms with Gasteiger partial charge in [-0.15, -0.1) is 0 Å². The molecule has 0 unspecified atom stereocenters. The maximum atomic E-state index is 12.5. The molecule has 1 aliphatic rings. The van der Waals surface area contributed by atoms with E-state index in [9.17, 15) is 13.2 Å². The highest BCUT2D eigenvalue weighted by Gasteiger charge is 2.26. The van der Waals surface area contributed by atoms with E-state index >= 15 is 0 Å². The number of aromatic nitrogens is 2. The summed E-state index contributed by atoms with van der Waals surface area (Å²) in [5.41, 5.74) is 3.64. The van der Waals surface area contributed by atoms with Gasteiger partial charge in [-0.2, -0.15) is 5.10 Å². The molecule has 0 bridgehead atoms. The number of benzene rings is 1. The maximum Gasteiger partial charge on any atom is 0.253 e. The molecule has 0 atom stereocenters. The highest BCUT2D eigenvalue weighted by Crippen LogP contribution is 2.28. The maximum absolute atomic E-state index is 12.5. The molecule has 0 radical (unpaired) electrons. The minimum Gasteiger partial charge on any atom is -0.348 e. The van der Waals surface area contributed by atoms with E-state index in [1.807, 2.05) is 20.9 Å². The molecular formula is C18H23ClN4O3S. The summed E-state index contributed by atoms with van der Waals surface area (Å²) in [4.78, 5) is 12.5. The molecule has 146 valence electrons. The van der Waals surface area contributed by atoms with Crippen molar-refractivity contribution in [2.24, 2.45) is 7.05 Å². The zero-order valence-electron chi connectivity index (χ0n) is 15.6. The normalized spacial score (nSPS) is 16.4. The van der Waals surface area contributed by atoms with Crippen molar-refractivity contribution in [3.05, 3.63) is 45.7 Å². The Morgan fingerprint density at radius 3 is 2.63 bits per heavy atom. The van der Waals surface area contributed by atoms with Crippen molar-refractivity contribution >= 4 is 33.2 Å². The van der Waals surface area contributed by atoms with Gasteiger partial charge >= 0.3 is 0 Å². The van der Waals surface area contributed by atoms with Gasteiger partial charge in [-0.1, -0.05) is 11.6 Å². The molecule has 1 amide bonds. The van der Waals surface area contributed by atoms with Crippen molar-refractivity contribution < 1.29 is 13.2 Å². The fourth-order valence-corrected chi connectivity index (χ4v) is 5.15. The molecule has 0 aliphatic carbocycles. The van der Waals surface area contributed by atoms with Gasteiger partial charge in [0.05, 0.1) is 27.7 Å². The Morgan fingerprint density at radius 1 is 1.30 bits per heavy atom. The number of halogens is 1. The van der Waals surface area contributed by atoms with Crippen molar-refractivity contribution in [2.45, 2.75) is 33.2 Å². The minimum absolute atomic E-state index is 0.136. The van der Waals surface area contributed by atoms with Gasteiger partial charge in [0, 0.05) is 31.4 Å². The van der Waals surface area contributed by atoms with Crippen LogP contribution in [0.15, 0.2) is 18.2 Å². The number of anilines is 1. The molecule has 0 saturated carbocycles. The Morgan fingerprint density at radius 2 is 2.04 bits per heavy atom. The van der Waals surface area contributed by atoms with E-state index in [2.05, 4.69) is 10.4 Å². The zero-order chi connectivity index (χ0) is 19.8. The van der Waals surface area contributed by atoms with Crippen molar-refractivity contribution in [2.75, 3.05) is 16.6 Å². The van der Waals surface area contributed by atoms with E-state index in [1.165, 1.54) is 4.31 Å². The average Bonchev–Trinajstić information content (AvgIpc) is 2.84. The summed E-state index contributed by atoms with van der Waals surface area (Å²) in [5.74, 6) is -0.174. The van der Waals surface area contributed by atoms with Crippen molar-refractivity contribution in [1.82, 2.24) is 15.1 Å². The molecule has 1 aromatic heterocycles. The molecule has 1 aromatic carbocycles. The molecule has 27 heavy (non-hydrogen) atoms. The molecule has 9 heteroatoms. The molecule has 7 nitrogen and oxygen atoms in total. The van der Waals surface area contributed by atoms with E-state index in [1.54, 1.807) is 22.9 Å². The number of aryl methyl sites for hydroxylation is 2. The topological polar surface area (TPSA) is 84.3 Å². The SMILES string of the molecule is Cc1nn(C)c(C)c1CNC(=O)c1ccc(N2CCCCS2(=O)=O)cc1Cl. The quantitative estimate of drug-likeness (QED) is 0.839. The summed E-state index contributed by atoms with van der Waals surface area (Å²) in [7, 11) is -1.46. The fourth-order valence-electron chi connectivity index (χ4n) is 3.26. The lowest BCUT2D eigenvalue weighted by atomic mass is 10.1. The monoisotopic (exact) mass is 410 g/mol. The summed E-state index contributed by atoms with van der Waals surface area (Å²) >= 11 is 6.29. The second-order valence-corrected chi connectivity index (χ2v) is 9.14. The van der Waals surface area contributed by atoms with Crippen LogP contribution in [0.4, 0.5) is 5.69 Å². The molecule has 3 rings (SSSR count). The van der Waals surface area contributed by atoms with Crippen LogP contribution in [0.25, 0.3) is 0 Å². The minimum atomic E-state index is -3.32. The third kappa shape index (κ3) is 3.96. The molecule has 2 aromatic rings. The van der Waals surface area contributed by atoms with E-state index in [0.717, 1.165) is 23.4 Å². The van der Waals surface area contributed by atoms with Crippen molar-refractivity contribution in [1.29, 1.82) is 0 Å². The standard InChI is InChI=1S/C18H23ClN4O3S/c1-12-16(13(2)22(3)21-12)11-20-18(24)15-7-6-14(10-17(15)19)23-8-4-5-9-27(23,25)26/h6-7,10H,4-5,8-9,11H2,1-3H3,(H,20,24). The number of sulfonamides is 1. The molecular weight excluding hydrogens is 388 g/mol. The average molecular weight is 411 g/mol. The fraction of sp³-hybridized carbons (Fsp3) is 0.444. The smallest absolute Gasteiger partial charge is 0.253 e. The first kappa shape index (κ1) is 19.7. The Labute approximate surface area is 164 Å². The highest BCUT2D eigenvalue weighted by molar-refractivity contribution is 7.92. The van der Waals surface area contributed by atoms with E-state index in [4.69, 9.17) is 11.6 Å². The van der Waals surface area contributed by atoms with Gasteiger partial charge < -0.3 is 5.32 Å². The van der Waals surface area contributed by atoms with Gasteiger partial charge in [-0.05, 0) is 44.9 Å². The second kappa shape index (κ2) is 7.52. The van der Waals surface area contributed by atoms with Crippen LogP contribution in [0.2, 0.25) is 5.02 Å². The number of carbonyl (C=O) groups is 1. The number of rotatable bonds is 4. The first-order valence-corrected chi connectivity index (χ1v) is 10.8. The Hall–Kier alpha value is -2.06. The number of nitrogens with one attached hydrogen (secondary N) is 1. The van der Waals surface area contributed by atoms with Crippen molar-refractivity contribution in [3.63, 3.8) is 0 Å². The summed E-state index contributed by atoms with van der Waals surface area (Å²) < 4.78 is 27.6. The van der Waals surface area contributed by atoms with Gasteiger partial charge in [0.15, 0.2) is 0 Å². The highest BCUT2D eigenvalue weighted by atomic mass is 35.5. The molecule has 1 aliphatic heterocycles. The second-order valence-electron chi connectivity index (χ2n) is 6.72. The largest absolute Gasteiger partial charge is 0.348 e. The number of amides is 1. The zero-order valence-corrected chi connectivity index (χ0v) is 17.2. The van der Waals surface area contributed by atoms with E-state index < -0.39 is 10.0 Å². The lowest BCUT2D eigenvalue weighted by molar-refractivity contribution is 0.0951. The first-order chi connectivity index (χ1) is 12.7. The summed E-state index contributed by atoms with van der Waals surface area (Å²) in [6.07, 6.45) is 1.48. The van der Waals surface area contributed by atoms with Crippen LogP contribution < -0.4 is 9.62 Å². The summed E-state index contributed by atoms with van der Waals surface area (Å²) in [6, 6.07) is 4.74. The first-order valence-electron chi connectivity index (χ1n) is 8.78. The predicted octanol–water partition coefficient (Wildman–Crippen LogP) is 2.55. The summed E-state index contributed by atoms with van der Waals surface area (Å²) in [6.45, 7) is 4.63. The van der Waals surface area contributed by atoms with Crippen LogP contribution in [-0.4, -0.2) is 36.4 Å². The molecule has 1 saturated heterocycles. The van der Waals surface area contributed by atoms with Crippen LogP contribution in [0.1, 0.15) is 40.2 Å². The number of hydrogen-bond donors (Lipinski definition) is 1.